The lowest BCUT2D eigenvalue weighted by Crippen LogP contribution is -2.39. The second kappa shape index (κ2) is 8.52. The maximum Gasteiger partial charge on any atom is 0.414 e. The number of fused-ring (bicyclic) bond motifs is 1. The van der Waals surface area contributed by atoms with E-state index >= 15 is 0 Å². The molecule has 2 aromatic rings. The minimum Gasteiger partial charge on any atom is -0.458 e. The highest BCUT2D eigenvalue weighted by Crippen LogP contribution is 2.45. The van der Waals surface area contributed by atoms with Crippen molar-refractivity contribution in [3.05, 3.63) is 58.7 Å². The zero-order valence-electron chi connectivity index (χ0n) is 19.8. The molecule has 0 radical (unpaired) electrons. The number of aromatic nitrogens is 1. The number of rotatable bonds is 4. The molecule has 6 nitrogen and oxygen atoms in total. The van der Waals surface area contributed by atoms with Gasteiger partial charge in [-0.15, -0.1) is 0 Å². The summed E-state index contributed by atoms with van der Waals surface area (Å²) in [6.07, 6.45) is 1.27. The van der Waals surface area contributed by atoms with Crippen molar-refractivity contribution in [2.45, 2.75) is 72.0 Å². The number of amides is 1. The molecule has 1 amide bonds. The van der Waals surface area contributed by atoms with Crippen LogP contribution in [0.25, 0.3) is 0 Å². The summed E-state index contributed by atoms with van der Waals surface area (Å²) in [7, 11) is 0. The van der Waals surface area contributed by atoms with Crippen molar-refractivity contribution in [2.24, 2.45) is 0 Å². The second-order valence-electron chi connectivity index (χ2n) is 10.1. The van der Waals surface area contributed by atoms with Gasteiger partial charge in [0, 0.05) is 18.2 Å². The van der Waals surface area contributed by atoms with Gasteiger partial charge in [0.1, 0.15) is 11.4 Å². The molecule has 1 aromatic heterocycles. The van der Waals surface area contributed by atoms with Crippen molar-refractivity contribution in [1.82, 2.24) is 4.98 Å². The molecule has 0 atom stereocenters. The highest BCUT2D eigenvalue weighted by molar-refractivity contribution is 6.02. The first-order chi connectivity index (χ1) is 14.8. The van der Waals surface area contributed by atoms with E-state index in [1.165, 1.54) is 17.0 Å². The Labute approximate surface area is 188 Å². The molecule has 0 fully saturated rings. The van der Waals surface area contributed by atoms with Crippen LogP contribution in [0.2, 0.25) is 0 Å². The van der Waals surface area contributed by atoms with Gasteiger partial charge in [-0.05, 0) is 69.9 Å². The summed E-state index contributed by atoms with van der Waals surface area (Å²) in [4.78, 5) is 31.9. The van der Waals surface area contributed by atoms with Crippen molar-refractivity contribution in [2.75, 3.05) is 11.4 Å². The van der Waals surface area contributed by atoms with Crippen LogP contribution in [-0.4, -0.2) is 35.3 Å². The number of anilines is 1. The molecule has 172 valence electrons. The second-order valence-corrected chi connectivity index (χ2v) is 10.1. The zero-order chi connectivity index (χ0) is 23.8. The lowest BCUT2D eigenvalue weighted by molar-refractivity contribution is 0.0372. The van der Waals surface area contributed by atoms with Crippen molar-refractivity contribution in [3.63, 3.8) is 0 Å². The van der Waals surface area contributed by atoms with Gasteiger partial charge in [0.15, 0.2) is 5.69 Å². The quantitative estimate of drug-likeness (QED) is 0.592. The molecule has 1 aliphatic heterocycles. The molecule has 0 spiro atoms. The number of nitrogens with zero attached hydrogens (tertiary/aromatic N) is 2. The van der Waals surface area contributed by atoms with Crippen molar-refractivity contribution < 1.29 is 23.5 Å². The highest BCUT2D eigenvalue weighted by Gasteiger charge is 2.44. The lowest BCUT2D eigenvalue weighted by atomic mass is 9.82. The van der Waals surface area contributed by atoms with E-state index in [-0.39, 0.29) is 17.6 Å². The Balaban J connectivity index is 2.14. The van der Waals surface area contributed by atoms with Crippen molar-refractivity contribution in [3.8, 4) is 0 Å². The minimum atomic E-state index is -0.693. The third-order valence-electron chi connectivity index (χ3n) is 5.09. The molecule has 32 heavy (non-hydrogen) atoms. The molecule has 3 rings (SSSR count). The molecule has 0 saturated heterocycles. The molecule has 0 N–H and O–H groups in total. The summed E-state index contributed by atoms with van der Waals surface area (Å²) in [6, 6.07) is 6.26. The van der Waals surface area contributed by atoms with Gasteiger partial charge in [-0.3, -0.25) is 4.90 Å². The van der Waals surface area contributed by atoms with Gasteiger partial charge < -0.3 is 9.47 Å². The summed E-state index contributed by atoms with van der Waals surface area (Å²) in [5, 5.41) is 0. The number of esters is 1. The van der Waals surface area contributed by atoms with E-state index in [4.69, 9.17) is 9.47 Å². The average Bonchev–Trinajstić information content (AvgIpc) is 2.94. The molecule has 7 heteroatoms. The standard InChI is InChI=1S/C25H31FN2O4/c1-15(2)31-22(29)20-21-19(17(13-27-20)12-16-8-10-18(26)11-9-16)25(6,7)14-28(21)23(30)32-24(3,4)5/h8-11,13,15H,12,14H2,1-7H3. The monoisotopic (exact) mass is 442 g/mol. The molecule has 2 heterocycles. The van der Waals surface area contributed by atoms with Gasteiger partial charge in [-0.2, -0.15) is 0 Å². The van der Waals surface area contributed by atoms with Crippen LogP contribution in [0.4, 0.5) is 14.9 Å². The lowest BCUT2D eigenvalue weighted by Gasteiger charge is -2.26. The molecular weight excluding hydrogens is 411 g/mol. The predicted molar refractivity (Wildman–Crippen MR) is 121 cm³/mol. The molecule has 0 aliphatic carbocycles. The number of benzene rings is 1. The van der Waals surface area contributed by atoms with Crippen LogP contribution in [0.5, 0.6) is 0 Å². The normalized spacial score (nSPS) is 15.0. The van der Waals surface area contributed by atoms with Gasteiger partial charge in [0.05, 0.1) is 11.8 Å². The first-order valence-corrected chi connectivity index (χ1v) is 10.8. The summed E-state index contributed by atoms with van der Waals surface area (Å²) >= 11 is 0. The Morgan fingerprint density at radius 3 is 2.38 bits per heavy atom. The smallest absolute Gasteiger partial charge is 0.414 e. The van der Waals surface area contributed by atoms with E-state index in [1.54, 1.807) is 52.9 Å². The van der Waals surface area contributed by atoms with Crippen LogP contribution in [0.3, 0.4) is 0 Å². The van der Waals surface area contributed by atoms with E-state index in [0.29, 0.717) is 18.7 Å². The van der Waals surface area contributed by atoms with Crippen LogP contribution < -0.4 is 4.90 Å². The third kappa shape index (κ3) is 5.09. The predicted octanol–water partition coefficient (Wildman–Crippen LogP) is 5.41. The molecule has 0 bridgehead atoms. The van der Waals surface area contributed by atoms with E-state index in [1.807, 2.05) is 13.8 Å². The van der Waals surface area contributed by atoms with Crippen LogP contribution in [0.15, 0.2) is 30.5 Å². The van der Waals surface area contributed by atoms with Crippen LogP contribution in [0, 0.1) is 5.82 Å². The van der Waals surface area contributed by atoms with E-state index in [2.05, 4.69) is 4.98 Å². The Morgan fingerprint density at radius 1 is 1.19 bits per heavy atom. The first kappa shape index (κ1) is 23.7. The van der Waals surface area contributed by atoms with Gasteiger partial charge in [-0.25, -0.2) is 19.0 Å². The number of hydrogen-bond donors (Lipinski definition) is 0. The van der Waals surface area contributed by atoms with Gasteiger partial charge in [0.25, 0.3) is 0 Å². The fourth-order valence-electron chi connectivity index (χ4n) is 3.96. The van der Waals surface area contributed by atoms with Crippen LogP contribution in [-0.2, 0) is 21.3 Å². The Morgan fingerprint density at radius 2 is 1.81 bits per heavy atom. The summed E-state index contributed by atoms with van der Waals surface area (Å²) in [5.41, 5.74) is 1.98. The Bertz CT molecular complexity index is 1020. The summed E-state index contributed by atoms with van der Waals surface area (Å²) in [6.45, 7) is 13.3. The molecule has 1 aromatic carbocycles. The SMILES string of the molecule is CC(C)OC(=O)c1ncc(Cc2ccc(F)cc2)c2c1N(C(=O)OC(C)(C)C)CC2(C)C. The molecule has 0 saturated carbocycles. The zero-order valence-corrected chi connectivity index (χ0v) is 19.8. The number of hydrogen-bond acceptors (Lipinski definition) is 5. The van der Waals surface area contributed by atoms with E-state index < -0.39 is 23.1 Å². The average molecular weight is 443 g/mol. The van der Waals surface area contributed by atoms with Crippen LogP contribution in [0.1, 0.15) is 75.6 Å². The number of carbonyl (C=O) groups excluding carboxylic acids is 2. The number of ether oxygens (including phenoxy) is 2. The summed E-state index contributed by atoms with van der Waals surface area (Å²) < 4.78 is 24.4. The highest BCUT2D eigenvalue weighted by atomic mass is 19.1. The Hall–Kier alpha value is -2.96. The van der Waals surface area contributed by atoms with E-state index in [9.17, 15) is 14.0 Å². The number of pyridine rings is 1. The summed E-state index contributed by atoms with van der Waals surface area (Å²) in [5.74, 6) is -0.892. The fraction of sp³-hybridized carbons (Fsp3) is 0.480. The van der Waals surface area contributed by atoms with Gasteiger partial charge in [-0.1, -0.05) is 26.0 Å². The molecule has 1 aliphatic rings. The fourth-order valence-corrected chi connectivity index (χ4v) is 3.96. The minimum absolute atomic E-state index is 0.0907. The largest absolute Gasteiger partial charge is 0.458 e. The van der Waals surface area contributed by atoms with Crippen molar-refractivity contribution >= 4 is 17.7 Å². The van der Waals surface area contributed by atoms with Crippen LogP contribution >= 0.6 is 0 Å². The van der Waals surface area contributed by atoms with Gasteiger partial charge in [0.2, 0.25) is 0 Å². The molecule has 0 unspecified atom stereocenters. The van der Waals surface area contributed by atoms with E-state index in [0.717, 1.165) is 16.7 Å². The Kier molecular flexibility index (Phi) is 6.31. The number of halogens is 1. The topological polar surface area (TPSA) is 68.7 Å². The maximum absolute atomic E-state index is 13.4. The maximum atomic E-state index is 13.4. The number of carbonyl (C=O) groups is 2. The third-order valence-corrected chi connectivity index (χ3v) is 5.09. The van der Waals surface area contributed by atoms with Gasteiger partial charge >= 0.3 is 12.1 Å². The molecular formula is C25H31FN2O4. The van der Waals surface area contributed by atoms with Crippen molar-refractivity contribution in [1.29, 1.82) is 0 Å². The first-order valence-electron chi connectivity index (χ1n) is 10.8.